The molecule has 1 aliphatic carbocycles. The van der Waals surface area contributed by atoms with Crippen molar-refractivity contribution in [2.45, 2.75) is 57.2 Å². The molecule has 5 nitrogen and oxygen atoms in total. The summed E-state index contributed by atoms with van der Waals surface area (Å²) in [7, 11) is -3.29. The fourth-order valence-electron chi connectivity index (χ4n) is 3.64. The van der Waals surface area contributed by atoms with Crippen molar-refractivity contribution in [3.63, 3.8) is 0 Å². The predicted octanol–water partition coefficient (Wildman–Crippen LogP) is 4.61. The van der Waals surface area contributed by atoms with Gasteiger partial charge in [-0.3, -0.25) is 4.79 Å². The molecule has 0 spiro atoms. The van der Waals surface area contributed by atoms with Gasteiger partial charge in [0.25, 0.3) is 0 Å². The van der Waals surface area contributed by atoms with Crippen LogP contribution < -0.4 is 10.0 Å². The summed E-state index contributed by atoms with van der Waals surface area (Å²) in [6.07, 6.45) is 3.72. The molecule has 0 saturated heterocycles. The number of carbonyl (C=O) groups is 1. The van der Waals surface area contributed by atoms with Gasteiger partial charge in [-0.05, 0) is 76.6 Å². The lowest BCUT2D eigenvalue weighted by molar-refractivity contribution is 0.103. The SMILES string of the molecule is CC(C)(C)S(=O)(=O)NC1CCC(CNc2ccc(C(=O)c3ccccc3)cc2)CC1. The molecular weight excluding hydrogens is 396 g/mol. The Hall–Kier alpha value is -2.18. The molecule has 1 fully saturated rings. The molecule has 162 valence electrons. The summed E-state index contributed by atoms with van der Waals surface area (Å²) in [5, 5.41) is 3.46. The van der Waals surface area contributed by atoms with Crippen molar-refractivity contribution < 1.29 is 13.2 Å². The molecule has 0 radical (unpaired) electrons. The van der Waals surface area contributed by atoms with Crippen molar-refractivity contribution in [3.8, 4) is 0 Å². The van der Waals surface area contributed by atoms with Crippen molar-refractivity contribution in [1.29, 1.82) is 0 Å². The smallest absolute Gasteiger partial charge is 0.216 e. The van der Waals surface area contributed by atoms with Gasteiger partial charge in [0.05, 0.1) is 4.75 Å². The largest absolute Gasteiger partial charge is 0.385 e. The third kappa shape index (κ3) is 5.70. The van der Waals surface area contributed by atoms with Crippen LogP contribution in [0.1, 0.15) is 62.4 Å². The Morgan fingerprint density at radius 3 is 2.03 bits per heavy atom. The molecule has 1 aliphatic rings. The van der Waals surface area contributed by atoms with E-state index < -0.39 is 14.8 Å². The first-order chi connectivity index (χ1) is 14.2. The molecule has 0 atom stereocenters. The maximum atomic E-state index is 12.5. The molecule has 3 rings (SSSR count). The van der Waals surface area contributed by atoms with Crippen LogP contribution in [0.3, 0.4) is 0 Å². The van der Waals surface area contributed by atoms with E-state index in [1.54, 1.807) is 20.8 Å². The number of benzene rings is 2. The minimum absolute atomic E-state index is 0.0261. The summed E-state index contributed by atoms with van der Waals surface area (Å²) < 4.78 is 26.8. The fraction of sp³-hybridized carbons (Fsp3) is 0.458. The van der Waals surface area contributed by atoms with Gasteiger partial charge >= 0.3 is 0 Å². The quantitative estimate of drug-likeness (QED) is 0.632. The maximum Gasteiger partial charge on any atom is 0.216 e. The van der Waals surface area contributed by atoms with Crippen LogP contribution in [-0.2, 0) is 10.0 Å². The van der Waals surface area contributed by atoms with E-state index in [1.807, 2.05) is 54.6 Å². The summed E-state index contributed by atoms with van der Waals surface area (Å²) >= 11 is 0. The van der Waals surface area contributed by atoms with Gasteiger partial charge in [-0.15, -0.1) is 0 Å². The molecule has 0 aromatic heterocycles. The zero-order chi connectivity index (χ0) is 21.8. The molecule has 0 heterocycles. The van der Waals surface area contributed by atoms with Crippen LogP contribution in [-0.4, -0.2) is 31.5 Å². The molecule has 0 aliphatic heterocycles. The van der Waals surface area contributed by atoms with Crippen molar-refractivity contribution >= 4 is 21.5 Å². The molecule has 2 aromatic rings. The van der Waals surface area contributed by atoms with E-state index in [0.717, 1.165) is 37.9 Å². The average Bonchev–Trinajstić information content (AvgIpc) is 2.73. The lowest BCUT2D eigenvalue weighted by Crippen LogP contribution is -2.46. The highest BCUT2D eigenvalue weighted by Crippen LogP contribution is 2.27. The van der Waals surface area contributed by atoms with Crippen molar-refractivity contribution in [3.05, 3.63) is 65.7 Å². The number of ketones is 1. The summed E-state index contributed by atoms with van der Waals surface area (Å²) in [5.74, 6) is 0.546. The minimum atomic E-state index is -3.29. The standard InChI is InChI=1S/C24H32N2O3S/c1-24(2,3)30(28,29)26-22-13-9-18(10-14-22)17-25-21-15-11-20(12-16-21)23(27)19-7-5-4-6-8-19/h4-8,11-12,15-16,18,22,25-26H,9-10,13-14,17H2,1-3H3. The highest BCUT2D eigenvalue weighted by molar-refractivity contribution is 7.90. The average molecular weight is 429 g/mol. The Balaban J connectivity index is 1.46. The third-order valence-corrected chi connectivity index (χ3v) is 8.01. The Labute approximate surface area is 180 Å². The monoisotopic (exact) mass is 428 g/mol. The lowest BCUT2D eigenvalue weighted by atomic mass is 9.86. The first kappa shape index (κ1) is 22.5. The van der Waals surface area contributed by atoms with Gasteiger partial charge < -0.3 is 5.32 Å². The van der Waals surface area contributed by atoms with Crippen LogP contribution in [0.2, 0.25) is 0 Å². The molecule has 1 saturated carbocycles. The number of hydrogen-bond donors (Lipinski definition) is 2. The second-order valence-corrected chi connectivity index (χ2v) is 11.6. The minimum Gasteiger partial charge on any atom is -0.385 e. The summed E-state index contributed by atoms with van der Waals surface area (Å²) in [5.41, 5.74) is 2.37. The molecular formula is C24H32N2O3S. The number of nitrogens with one attached hydrogen (secondary N) is 2. The number of carbonyl (C=O) groups excluding carboxylic acids is 1. The Bertz CT molecular complexity index is 940. The zero-order valence-corrected chi connectivity index (χ0v) is 18.8. The fourth-order valence-corrected chi connectivity index (χ4v) is 4.67. The van der Waals surface area contributed by atoms with Gasteiger partial charge in [0.1, 0.15) is 0 Å². The van der Waals surface area contributed by atoms with E-state index in [4.69, 9.17) is 0 Å². The second kappa shape index (κ2) is 9.31. The van der Waals surface area contributed by atoms with Gasteiger partial charge in [-0.1, -0.05) is 30.3 Å². The van der Waals surface area contributed by atoms with E-state index in [2.05, 4.69) is 10.0 Å². The third-order valence-electron chi connectivity index (χ3n) is 5.75. The van der Waals surface area contributed by atoms with Gasteiger partial charge in [0.15, 0.2) is 5.78 Å². The first-order valence-electron chi connectivity index (χ1n) is 10.6. The lowest BCUT2D eigenvalue weighted by Gasteiger charge is -2.31. The number of rotatable bonds is 7. The Kier molecular flexibility index (Phi) is 6.98. The van der Waals surface area contributed by atoms with Crippen molar-refractivity contribution in [1.82, 2.24) is 4.72 Å². The van der Waals surface area contributed by atoms with Gasteiger partial charge in [-0.2, -0.15) is 0 Å². The van der Waals surface area contributed by atoms with Crippen molar-refractivity contribution in [2.24, 2.45) is 5.92 Å². The van der Waals surface area contributed by atoms with E-state index >= 15 is 0 Å². The van der Waals surface area contributed by atoms with Crippen LogP contribution >= 0.6 is 0 Å². The van der Waals surface area contributed by atoms with Crippen LogP contribution in [0, 0.1) is 5.92 Å². The highest BCUT2D eigenvalue weighted by Gasteiger charge is 2.32. The summed E-state index contributed by atoms with van der Waals surface area (Å²) in [4.78, 5) is 12.5. The van der Waals surface area contributed by atoms with Crippen LogP contribution in [0.4, 0.5) is 5.69 Å². The Morgan fingerprint density at radius 2 is 1.47 bits per heavy atom. The van der Waals surface area contributed by atoms with Crippen LogP contribution in [0.15, 0.2) is 54.6 Å². The van der Waals surface area contributed by atoms with E-state index in [-0.39, 0.29) is 11.8 Å². The van der Waals surface area contributed by atoms with E-state index in [1.165, 1.54) is 0 Å². The first-order valence-corrected chi connectivity index (χ1v) is 12.1. The Morgan fingerprint density at radius 1 is 0.900 bits per heavy atom. The van der Waals surface area contributed by atoms with E-state index in [9.17, 15) is 13.2 Å². The van der Waals surface area contributed by atoms with Gasteiger partial charge in [0.2, 0.25) is 10.0 Å². The molecule has 30 heavy (non-hydrogen) atoms. The predicted molar refractivity (Wildman–Crippen MR) is 122 cm³/mol. The van der Waals surface area contributed by atoms with Gasteiger partial charge in [0, 0.05) is 29.4 Å². The number of hydrogen-bond acceptors (Lipinski definition) is 4. The highest BCUT2D eigenvalue weighted by atomic mass is 32.2. The molecule has 6 heteroatoms. The molecule has 2 N–H and O–H groups in total. The van der Waals surface area contributed by atoms with Crippen molar-refractivity contribution in [2.75, 3.05) is 11.9 Å². The topological polar surface area (TPSA) is 75.3 Å². The summed E-state index contributed by atoms with van der Waals surface area (Å²) in [6.45, 7) is 6.03. The molecule has 2 aromatic carbocycles. The number of sulfonamides is 1. The summed E-state index contributed by atoms with van der Waals surface area (Å²) in [6, 6.07) is 16.9. The number of anilines is 1. The molecule has 0 amide bonds. The van der Waals surface area contributed by atoms with E-state index in [0.29, 0.717) is 17.0 Å². The zero-order valence-electron chi connectivity index (χ0n) is 18.0. The maximum absolute atomic E-state index is 12.5. The van der Waals surface area contributed by atoms with Gasteiger partial charge in [-0.25, -0.2) is 13.1 Å². The normalized spacial score (nSPS) is 20.0. The molecule has 0 unspecified atom stereocenters. The van der Waals surface area contributed by atoms with Crippen LogP contribution in [0.5, 0.6) is 0 Å². The second-order valence-electron chi connectivity index (χ2n) is 9.10. The molecule has 0 bridgehead atoms. The van der Waals surface area contributed by atoms with Crippen LogP contribution in [0.25, 0.3) is 0 Å².